The first-order valence-electron chi connectivity index (χ1n) is 9.05. The number of benzene rings is 3. The van der Waals surface area contributed by atoms with Crippen molar-refractivity contribution in [1.29, 1.82) is 0 Å². The molecule has 1 unspecified atom stereocenters. The summed E-state index contributed by atoms with van der Waals surface area (Å²) >= 11 is 12.0. The van der Waals surface area contributed by atoms with E-state index in [2.05, 4.69) is 0 Å². The number of halogens is 4. The molecule has 1 aliphatic heterocycles. The zero-order chi connectivity index (χ0) is 22.3. The standard InChI is InChI=1S/C23H13Cl2F2NO3/c24-17-10-3-13(11-18(17)25)21(29)19-20(12-1-4-14(26)5-2-12)28(23(31)22(19)30)16-8-6-15(27)7-9-16/h1-11,20,29H/b21-19-. The van der Waals surface area contributed by atoms with Gasteiger partial charge in [0.1, 0.15) is 17.4 Å². The molecule has 1 saturated heterocycles. The van der Waals surface area contributed by atoms with Crippen LogP contribution in [0.2, 0.25) is 10.0 Å². The molecule has 0 aromatic heterocycles. The van der Waals surface area contributed by atoms with Crippen LogP contribution in [0.1, 0.15) is 17.2 Å². The van der Waals surface area contributed by atoms with Crippen LogP contribution in [0.3, 0.4) is 0 Å². The molecular weight excluding hydrogens is 447 g/mol. The van der Waals surface area contributed by atoms with Crippen LogP contribution >= 0.6 is 23.2 Å². The number of hydrogen-bond acceptors (Lipinski definition) is 3. The van der Waals surface area contributed by atoms with E-state index >= 15 is 0 Å². The summed E-state index contributed by atoms with van der Waals surface area (Å²) in [4.78, 5) is 27.0. The number of carbonyl (C=O) groups is 2. The van der Waals surface area contributed by atoms with Gasteiger partial charge in [0, 0.05) is 11.3 Å². The Labute approximate surface area is 185 Å². The van der Waals surface area contributed by atoms with E-state index < -0.39 is 35.1 Å². The van der Waals surface area contributed by atoms with E-state index in [0.717, 1.165) is 17.0 Å². The lowest BCUT2D eigenvalue weighted by Crippen LogP contribution is -2.29. The van der Waals surface area contributed by atoms with Gasteiger partial charge in [-0.2, -0.15) is 0 Å². The van der Waals surface area contributed by atoms with Gasteiger partial charge in [-0.3, -0.25) is 14.5 Å². The van der Waals surface area contributed by atoms with Crippen LogP contribution in [0.15, 0.2) is 72.3 Å². The maximum atomic E-state index is 13.5. The minimum Gasteiger partial charge on any atom is -0.507 e. The first-order valence-corrected chi connectivity index (χ1v) is 9.81. The van der Waals surface area contributed by atoms with E-state index in [1.807, 2.05) is 0 Å². The maximum absolute atomic E-state index is 13.5. The van der Waals surface area contributed by atoms with Crippen LogP contribution in [0.4, 0.5) is 14.5 Å². The van der Waals surface area contributed by atoms with Crippen LogP contribution in [0, 0.1) is 11.6 Å². The lowest BCUT2D eigenvalue weighted by molar-refractivity contribution is -0.132. The normalized spacial score (nSPS) is 17.9. The van der Waals surface area contributed by atoms with E-state index in [-0.39, 0.29) is 26.9 Å². The van der Waals surface area contributed by atoms with Crippen molar-refractivity contribution >= 4 is 46.3 Å². The van der Waals surface area contributed by atoms with Crippen molar-refractivity contribution in [3.63, 3.8) is 0 Å². The number of Topliss-reactive ketones (excluding diaryl/α,β-unsaturated/α-hetero) is 1. The van der Waals surface area contributed by atoms with Crippen LogP contribution in [0.5, 0.6) is 0 Å². The molecule has 1 N–H and O–H groups in total. The Bertz CT molecular complexity index is 1220. The van der Waals surface area contributed by atoms with Gasteiger partial charge >= 0.3 is 0 Å². The molecule has 4 rings (SSSR count). The molecule has 0 aliphatic carbocycles. The van der Waals surface area contributed by atoms with Crippen molar-refractivity contribution in [2.45, 2.75) is 6.04 Å². The van der Waals surface area contributed by atoms with Gasteiger partial charge in [0.15, 0.2) is 0 Å². The zero-order valence-electron chi connectivity index (χ0n) is 15.7. The highest BCUT2D eigenvalue weighted by Gasteiger charge is 2.47. The van der Waals surface area contributed by atoms with Crippen LogP contribution in [-0.2, 0) is 9.59 Å². The molecule has 1 aliphatic rings. The average molecular weight is 460 g/mol. The van der Waals surface area contributed by atoms with Crippen molar-refractivity contribution in [1.82, 2.24) is 0 Å². The quantitative estimate of drug-likeness (QED) is 0.301. The van der Waals surface area contributed by atoms with E-state index in [4.69, 9.17) is 23.2 Å². The van der Waals surface area contributed by atoms with Gasteiger partial charge in [-0.05, 0) is 60.2 Å². The minimum atomic E-state index is -1.07. The lowest BCUT2D eigenvalue weighted by Gasteiger charge is -2.25. The Balaban J connectivity index is 1.94. The molecule has 0 saturated carbocycles. The highest BCUT2D eigenvalue weighted by atomic mass is 35.5. The van der Waals surface area contributed by atoms with Gasteiger partial charge < -0.3 is 5.11 Å². The molecule has 4 nitrogen and oxygen atoms in total. The Kier molecular flexibility index (Phi) is 5.52. The summed E-state index contributed by atoms with van der Waals surface area (Å²) < 4.78 is 26.9. The third-order valence-electron chi connectivity index (χ3n) is 4.93. The molecule has 0 spiro atoms. The highest BCUT2D eigenvalue weighted by molar-refractivity contribution is 6.51. The summed E-state index contributed by atoms with van der Waals surface area (Å²) in [5.41, 5.74) is 0.593. The topological polar surface area (TPSA) is 57.6 Å². The van der Waals surface area contributed by atoms with Crippen molar-refractivity contribution in [2.75, 3.05) is 4.90 Å². The van der Waals surface area contributed by atoms with E-state index in [9.17, 15) is 23.5 Å². The fourth-order valence-electron chi connectivity index (χ4n) is 3.46. The second-order valence-corrected chi connectivity index (χ2v) is 7.64. The van der Waals surface area contributed by atoms with E-state index in [0.29, 0.717) is 5.56 Å². The molecule has 1 fully saturated rings. The number of amides is 1. The van der Waals surface area contributed by atoms with Gasteiger partial charge in [0.2, 0.25) is 0 Å². The number of aliphatic hydroxyl groups excluding tert-OH is 1. The number of aliphatic hydroxyl groups is 1. The second-order valence-electron chi connectivity index (χ2n) is 6.83. The Morgan fingerprint density at radius 3 is 2.00 bits per heavy atom. The Morgan fingerprint density at radius 2 is 1.42 bits per heavy atom. The molecule has 1 amide bonds. The molecule has 3 aromatic carbocycles. The van der Waals surface area contributed by atoms with Crippen LogP contribution in [-0.4, -0.2) is 16.8 Å². The van der Waals surface area contributed by atoms with Crippen molar-refractivity contribution < 1.29 is 23.5 Å². The fourth-order valence-corrected chi connectivity index (χ4v) is 3.76. The summed E-state index contributed by atoms with van der Waals surface area (Å²) in [7, 11) is 0. The number of ketones is 1. The molecular formula is C23H13Cl2F2NO3. The van der Waals surface area contributed by atoms with Crippen LogP contribution in [0.25, 0.3) is 5.76 Å². The summed E-state index contributed by atoms with van der Waals surface area (Å²) in [5.74, 6) is -3.35. The fraction of sp³-hybridized carbons (Fsp3) is 0.0435. The molecule has 0 bridgehead atoms. The van der Waals surface area contributed by atoms with E-state index in [1.165, 1.54) is 54.6 Å². The predicted molar refractivity (Wildman–Crippen MR) is 114 cm³/mol. The number of nitrogens with zero attached hydrogens (tertiary/aromatic N) is 1. The minimum absolute atomic E-state index is 0.150. The highest BCUT2D eigenvalue weighted by Crippen LogP contribution is 2.42. The van der Waals surface area contributed by atoms with Gasteiger partial charge in [-0.15, -0.1) is 0 Å². The largest absolute Gasteiger partial charge is 0.507 e. The summed E-state index contributed by atoms with van der Waals surface area (Å²) in [6.07, 6.45) is 0. The maximum Gasteiger partial charge on any atom is 0.300 e. The summed E-state index contributed by atoms with van der Waals surface area (Å²) in [6.45, 7) is 0. The first kappa shape index (κ1) is 21.0. The molecule has 3 aromatic rings. The van der Waals surface area contributed by atoms with Crippen LogP contribution < -0.4 is 4.90 Å². The molecule has 8 heteroatoms. The third kappa shape index (κ3) is 3.80. The average Bonchev–Trinajstić information content (AvgIpc) is 3.01. The third-order valence-corrected chi connectivity index (χ3v) is 5.67. The lowest BCUT2D eigenvalue weighted by atomic mass is 9.95. The summed E-state index contributed by atoms with van der Waals surface area (Å²) in [5, 5.41) is 11.4. The number of hydrogen-bond donors (Lipinski definition) is 1. The summed E-state index contributed by atoms with van der Waals surface area (Å²) in [6, 6.07) is 13.4. The number of carbonyl (C=O) groups excluding carboxylic acids is 2. The van der Waals surface area contributed by atoms with Crippen molar-refractivity contribution in [3.05, 3.63) is 105 Å². The van der Waals surface area contributed by atoms with Gasteiger partial charge in [-0.1, -0.05) is 35.3 Å². The van der Waals surface area contributed by atoms with Gasteiger partial charge in [0.05, 0.1) is 21.7 Å². The second kappa shape index (κ2) is 8.13. The van der Waals surface area contributed by atoms with Gasteiger partial charge in [-0.25, -0.2) is 8.78 Å². The van der Waals surface area contributed by atoms with Crippen molar-refractivity contribution in [2.24, 2.45) is 0 Å². The van der Waals surface area contributed by atoms with Crippen molar-refractivity contribution in [3.8, 4) is 0 Å². The Morgan fingerprint density at radius 1 is 0.839 bits per heavy atom. The number of anilines is 1. The molecule has 156 valence electrons. The zero-order valence-corrected chi connectivity index (χ0v) is 17.2. The number of rotatable bonds is 3. The van der Waals surface area contributed by atoms with Gasteiger partial charge in [0.25, 0.3) is 11.7 Å². The monoisotopic (exact) mass is 459 g/mol. The SMILES string of the molecule is O=C1C(=O)N(c2ccc(F)cc2)C(c2ccc(F)cc2)/C1=C(/O)c1ccc(Cl)c(Cl)c1. The predicted octanol–water partition coefficient (Wildman–Crippen LogP) is 5.90. The van der Waals surface area contributed by atoms with E-state index in [1.54, 1.807) is 0 Å². The molecule has 0 radical (unpaired) electrons. The molecule has 1 atom stereocenters. The molecule has 1 heterocycles. The Hall–Kier alpha value is -3.22. The first-order chi connectivity index (χ1) is 14.8. The molecule has 31 heavy (non-hydrogen) atoms. The smallest absolute Gasteiger partial charge is 0.300 e.